The van der Waals surface area contributed by atoms with Crippen LogP contribution in [0.1, 0.15) is 25.7 Å². The molecule has 0 aliphatic heterocycles. The molecule has 0 saturated heterocycles. The summed E-state index contributed by atoms with van der Waals surface area (Å²) in [6, 6.07) is 3.63. The Morgan fingerprint density at radius 2 is 1.65 bits per heavy atom. The quantitative estimate of drug-likeness (QED) is 0.166. The van der Waals surface area contributed by atoms with E-state index in [0.717, 1.165) is 4.47 Å². The van der Waals surface area contributed by atoms with Crippen LogP contribution in [0.15, 0.2) is 28.7 Å². The monoisotopic (exact) mass is 502 g/mol. The highest BCUT2D eigenvalue weighted by atomic mass is 79.9. The number of benzene rings is 1. The molecule has 170 valence electrons. The number of nitrogens with zero attached hydrogens (tertiary/aromatic N) is 1. The van der Waals surface area contributed by atoms with Gasteiger partial charge in [-0.05, 0) is 37.1 Å². The third-order valence-electron chi connectivity index (χ3n) is 4.02. The van der Waals surface area contributed by atoms with Crippen molar-refractivity contribution in [3.63, 3.8) is 0 Å². The number of hydroxylamine groups is 1. The number of carbonyl (C=O) groups is 5. The van der Waals surface area contributed by atoms with Crippen LogP contribution < -0.4 is 21.4 Å². The number of nitrogens with one attached hydrogen (secondary N) is 2. The number of amides is 3. The number of nitrogens with two attached hydrogens (primary N) is 1. The second kappa shape index (κ2) is 12.6. The molecule has 12 nitrogen and oxygen atoms in total. The molecule has 1 aromatic rings. The van der Waals surface area contributed by atoms with Crippen LogP contribution >= 0.6 is 15.9 Å². The maximum absolute atomic E-state index is 12.2. The number of carbonyl (C=O) groups excluding carboxylic acids is 3. The van der Waals surface area contributed by atoms with Gasteiger partial charge in [-0.2, -0.15) is 5.06 Å². The number of anilines is 1. The first-order valence-corrected chi connectivity index (χ1v) is 9.85. The van der Waals surface area contributed by atoms with Crippen molar-refractivity contribution in [2.75, 3.05) is 11.6 Å². The molecule has 0 bridgehead atoms. The van der Waals surface area contributed by atoms with Gasteiger partial charge in [0.25, 0.3) is 5.91 Å². The van der Waals surface area contributed by atoms with Gasteiger partial charge < -0.3 is 26.6 Å². The van der Waals surface area contributed by atoms with Crippen molar-refractivity contribution in [1.29, 1.82) is 0 Å². The second-order valence-electron chi connectivity index (χ2n) is 6.44. The minimum absolute atomic E-state index is 0.183. The van der Waals surface area contributed by atoms with Crippen LogP contribution in [0.5, 0.6) is 0 Å². The van der Waals surface area contributed by atoms with Gasteiger partial charge in [-0.15, -0.1) is 0 Å². The predicted octanol–water partition coefficient (Wildman–Crippen LogP) is -0.171. The minimum Gasteiger partial charge on any atom is -0.480 e. The molecule has 0 aliphatic carbocycles. The molecular formula is C18H23BrN4O8. The zero-order chi connectivity index (χ0) is 23.6. The van der Waals surface area contributed by atoms with Gasteiger partial charge in [0, 0.05) is 17.3 Å². The largest absolute Gasteiger partial charge is 0.480 e. The molecule has 13 heteroatoms. The van der Waals surface area contributed by atoms with E-state index in [1.807, 2.05) is 0 Å². The first kappa shape index (κ1) is 26.0. The molecule has 0 heterocycles. The third-order valence-corrected chi connectivity index (χ3v) is 4.55. The van der Waals surface area contributed by atoms with Crippen LogP contribution in [0.25, 0.3) is 0 Å². The van der Waals surface area contributed by atoms with Crippen LogP contribution in [-0.4, -0.2) is 63.7 Å². The van der Waals surface area contributed by atoms with Crippen molar-refractivity contribution in [2.24, 2.45) is 5.73 Å². The Hall–Kier alpha value is -3.03. The van der Waals surface area contributed by atoms with Gasteiger partial charge in [0.15, 0.2) is 0 Å². The number of hydrogen-bond acceptors (Lipinski definition) is 7. The van der Waals surface area contributed by atoms with E-state index >= 15 is 0 Å². The molecule has 7 N–H and O–H groups in total. The van der Waals surface area contributed by atoms with E-state index in [1.165, 1.54) is 12.1 Å². The molecule has 0 aliphatic rings. The predicted molar refractivity (Wildman–Crippen MR) is 110 cm³/mol. The standard InChI is InChI=1S/C18H23BrN4O8/c19-10-1-3-11(4-2-10)23(31)15(25)8-6-13(17(28)21-9-16(26)27)22-14(24)7-5-12(20)18(29)30/h1-4,12-13,31H,5-9,20H2,(H,21,28)(H,22,24)(H,26,27)(H,29,30)/t12-,13-/m0/s1. The topological polar surface area (TPSA) is 199 Å². The summed E-state index contributed by atoms with van der Waals surface area (Å²) in [5.74, 6) is -4.91. The molecule has 1 rings (SSSR count). The van der Waals surface area contributed by atoms with E-state index in [1.54, 1.807) is 12.1 Å². The van der Waals surface area contributed by atoms with Gasteiger partial charge in [0.05, 0.1) is 5.69 Å². The molecule has 31 heavy (non-hydrogen) atoms. The average molecular weight is 503 g/mol. The SMILES string of the molecule is N[C@@H](CCC(=O)N[C@@H](CCC(=O)N(O)c1ccc(Br)cc1)C(=O)NCC(=O)O)C(=O)O. The number of halogens is 1. The Morgan fingerprint density at radius 3 is 2.19 bits per heavy atom. The van der Waals surface area contributed by atoms with Gasteiger partial charge >= 0.3 is 11.9 Å². The lowest BCUT2D eigenvalue weighted by Crippen LogP contribution is -2.48. The summed E-state index contributed by atoms with van der Waals surface area (Å²) in [5, 5.41) is 32.3. The van der Waals surface area contributed by atoms with Gasteiger partial charge in [0.2, 0.25) is 11.8 Å². The lowest BCUT2D eigenvalue weighted by Gasteiger charge is -2.20. The molecule has 0 unspecified atom stereocenters. The van der Waals surface area contributed by atoms with Crippen LogP contribution in [0.4, 0.5) is 5.69 Å². The lowest BCUT2D eigenvalue weighted by atomic mass is 10.1. The van der Waals surface area contributed by atoms with Crippen LogP contribution in [0.2, 0.25) is 0 Å². The second-order valence-corrected chi connectivity index (χ2v) is 7.35. The first-order chi connectivity index (χ1) is 14.5. The number of hydrogen-bond donors (Lipinski definition) is 6. The summed E-state index contributed by atoms with van der Waals surface area (Å²) in [7, 11) is 0. The van der Waals surface area contributed by atoms with E-state index in [9.17, 15) is 29.2 Å². The van der Waals surface area contributed by atoms with Crippen LogP contribution in [-0.2, 0) is 24.0 Å². The minimum atomic E-state index is -1.31. The van der Waals surface area contributed by atoms with Crippen molar-refractivity contribution in [3.05, 3.63) is 28.7 Å². The number of rotatable bonds is 12. The summed E-state index contributed by atoms with van der Waals surface area (Å²) < 4.78 is 0.734. The van der Waals surface area contributed by atoms with Gasteiger partial charge in [-0.3, -0.25) is 29.2 Å². The Bertz CT molecular complexity index is 817. The van der Waals surface area contributed by atoms with E-state index in [0.29, 0.717) is 5.06 Å². The van der Waals surface area contributed by atoms with Gasteiger partial charge in [-0.25, -0.2) is 0 Å². The number of aliphatic carboxylic acids is 2. The fourth-order valence-corrected chi connectivity index (χ4v) is 2.60. The normalized spacial score (nSPS) is 12.4. The van der Waals surface area contributed by atoms with Crippen molar-refractivity contribution in [2.45, 2.75) is 37.8 Å². The highest BCUT2D eigenvalue weighted by molar-refractivity contribution is 9.10. The van der Waals surface area contributed by atoms with Crippen LogP contribution in [0.3, 0.4) is 0 Å². The maximum Gasteiger partial charge on any atom is 0.322 e. The number of carboxylic acid groups (broad SMARTS) is 2. The zero-order valence-corrected chi connectivity index (χ0v) is 17.9. The Morgan fingerprint density at radius 1 is 1.03 bits per heavy atom. The fraction of sp³-hybridized carbons (Fsp3) is 0.389. The van der Waals surface area contributed by atoms with Crippen molar-refractivity contribution < 1.29 is 39.4 Å². The van der Waals surface area contributed by atoms with Gasteiger partial charge in [0.1, 0.15) is 18.6 Å². The van der Waals surface area contributed by atoms with Crippen molar-refractivity contribution in [3.8, 4) is 0 Å². The van der Waals surface area contributed by atoms with Crippen molar-refractivity contribution in [1.82, 2.24) is 10.6 Å². The smallest absolute Gasteiger partial charge is 0.322 e. The van der Waals surface area contributed by atoms with Crippen molar-refractivity contribution >= 4 is 51.3 Å². The maximum atomic E-state index is 12.2. The number of carboxylic acids is 2. The molecule has 0 fully saturated rings. The highest BCUT2D eigenvalue weighted by Gasteiger charge is 2.24. The van der Waals surface area contributed by atoms with Gasteiger partial charge in [-0.1, -0.05) is 15.9 Å². The summed E-state index contributed by atoms with van der Waals surface area (Å²) >= 11 is 3.22. The average Bonchev–Trinajstić information content (AvgIpc) is 2.72. The molecule has 0 aromatic heterocycles. The van der Waals surface area contributed by atoms with E-state index < -0.39 is 48.3 Å². The summed E-state index contributed by atoms with van der Waals surface area (Å²) in [4.78, 5) is 57.9. The molecule has 2 atom stereocenters. The highest BCUT2D eigenvalue weighted by Crippen LogP contribution is 2.18. The molecular weight excluding hydrogens is 480 g/mol. The zero-order valence-electron chi connectivity index (χ0n) is 16.3. The molecule has 0 radical (unpaired) electrons. The van der Waals surface area contributed by atoms with E-state index in [4.69, 9.17) is 15.9 Å². The Labute approximate surface area is 185 Å². The Balaban J connectivity index is 2.74. The Kier molecular flexibility index (Phi) is 10.6. The first-order valence-electron chi connectivity index (χ1n) is 9.06. The molecule has 1 aromatic carbocycles. The lowest BCUT2D eigenvalue weighted by molar-refractivity contribution is -0.139. The molecule has 0 spiro atoms. The van der Waals surface area contributed by atoms with E-state index in [2.05, 4.69) is 26.6 Å². The van der Waals surface area contributed by atoms with Crippen LogP contribution in [0, 0.1) is 0 Å². The molecule has 0 saturated carbocycles. The fourth-order valence-electron chi connectivity index (χ4n) is 2.33. The van der Waals surface area contributed by atoms with E-state index in [-0.39, 0.29) is 31.4 Å². The summed E-state index contributed by atoms with van der Waals surface area (Å²) in [6.45, 7) is -0.700. The summed E-state index contributed by atoms with van der Waals surface area (Å²) in [6.07, 6.45) is -1.08. The third kappa shape index (κ3) is 9.55. The summed E-state index contributed by atoms with van der Waals surface area (Å²) in [5.41, 5.74) is 5.51. The molecule has 3 amide bonds.